The molecular formula is C7H14O3. The van der Waals surface area contributed by atoms with Gasteiger partial charge >= 0.3 is 0 Å². The second-order valence-corrected chi connectivity index (χ2v) is 2.29. The van der Waals surface area contributed by atoms with Crippen molar-refractivity contribution in [2.24, 2.45) is 0 Å². The van der Waals surface area contributed by atoms with Crippen LogP contribution in [0.3, 0.4) is 0 Å². The largest absolute Gasteiger partial charge is 0.394 e. The molecule has 0 aromatic heterocycles. The fourth-order valence-electron chi connectivity index (χ4n) is 0.699. The summed E-state index contributed by atoms with van der Waals surface area (Å²) in [5, 5.41) is 17.2. The molecule has 0 aliphatic rings. The Kier molecular flexibility index (Phi) is 6.43. The molecule has 2 N–H and O–H groups in total. The van der Waals surface area contributed by atoms with Crippen molar-refractivity contribution in [1.82, 2.24) is 0 Å². The first-order valence-electron chi connectivity index (χ1n) is 3.53. The van der Waals surface area contributed by atoms with Gasteiger partial charge in [-0.2, -0.15) is 0 Å². The van der Waals surface area contributed by atoms with Crippen molar-refractivity contribution >= 4 is 6.29 Å². The van der Waals surface area contributed by atoms with Crippen molar-refractivity contribution in [1.29, 1.82) is 0 Å². The summed E-state index contributed by atoms with van der Waals surface area (Å²) in [4.78, 5) is 9.81. The molecule has 3 heteroatoms. The molecule has 3 nitrogen and oxygen atoms in total. The van der Waals surface area contributed by atoms with Gasteiger partial charge in [-0.25, -0.2) is 0 Å². The number of aliphatic hydroxyl groups excluding tert-OH is 2. The standard InChI is InChI=1S/C7H14O3/c8-5-3-1-2-4-7(10)6-9/h5,7,9-10H,1-4,6H2/t7-/m0/s1. The fraction of sp³-hybridized carbons (Fsp3) is 0.857. The van der Waals surface area contributed by atoms with Crippen LogP contribution in [0.2, 0.25) is 0 Å². The first-order valence-corrected chi connectivity index (χ1v) is 3.53. The predicted octanol–water partition coefficient (Wildman–Crippen LogP) is 0.0989. The van der Waals surface area contributed by atoms with Gasteiger partial charge in [-0.15, -0.1) is 0 Å². The minimum absolute atomic E-state index is 0.179. The zero-order valence-corrected chi connectivity index (χ0v) is 5.99. The van der Waals surface area contributed by atoms with Gasteiger partial charge in [0.05, 0.1) is 12.7 Å². The van der Waals surface area contributed by atoms with Crippen molar-refractivity contribution in [2.75, 3.05) is 6.61 Å². The summed E-state index contributed by atoms with van der Waals surface area (Å²) in [5.41, 5.74) is 0. The molecule has 60 valence electrons. The van der Waals surface area contributed by atoms with Gasteiger partial charge in [-0.3, -0.25) is 0 Å². The molecule has 1 atom stereocenters. The Hall–Kier alpha value is -0.410. The average Bonchev–Trinajstić information content (AvgIpc) is 1.98. The quantitative estimate of drug-likeness (QED) is 0.412. The fourth-order valence-corrected chi connectivity index (χ4v) is 0.699. The SMILES string of the molecule is O=CCCCC[C@H](O)CO. The highest BCUT2D eigenvalue weighted by molar-refractivity contribution is 5.48. The summed E-state index contributed by atoms with van der Waals surface area (Å²) in [7, 11) is 0. The van der Waals surface area contributed by atoms with E-state index in [1.807, 2.05) is 0 Å². The number of hydrogen-bond acceptors (Lipinski definition) is 3. The number of rotatable bonds is 6. The lowest BCUT2D eigenvalue weighted by Crippen LogP contribution is -2.10. The Morgan fingerprint density at radius 1 is 1.40 bits per heavy atom. The first kappa shape index (κ1) is 9.59. The summed E-state index contributed by atoms with van der Waals surface area (Å²) in [6, 6.07) is 0. The lowest BCUT2D eigenvalue weighted by molar-refractivity contribution is -0.107. The molecule has 0 fully saturated rings. The monoisotopic (exact) mass is 146 g/mol. The highest BCUT2D eigenvalue weighted by atomic mass is 16.3. The Bertz CT molecular complexity index is 82.9. The molecule has 0 bridgehead atoms. The second kappa shape index (κ2) is 6.71. The highest BCUT2D eigenvalue weighted by Crippen LogP contribution is 2.01. The van der Waals surface area contributed by atoms with E-state index in [-0.39, 0.29) is 6.61 Å². The maximum absolute atomic E-state index is 9.81. The van der Waals surface area contributed by atoms with Crippen LogP contribution in [0.25, 0.3) is 0 Å². The van der Waals surface area contributed by atoms with Gasteiger partial charge < -0.3 is 15.0 Å². The number of aldehydes is 1. The van der Waals surface area contributed by atoms with Crippen LogP contribution in [0, 0.1) is 0 Å². The molecule has 0 aromatic carbocycles. The van der Waals surface area contributed by atoms with Crippen LogP contribution < -0.4 is 0 Å². The minimum atomic E-state index is -0.605. The van der Waals surface area contributed by atoms with Gasteiger partial charge in [0.15, 0.2) is 0 Å². The van der Waals surface area contributed by atoms with E-state index in [4.69, 9.17) is 10.2 Å². The van der Waals surface area contributed by atoms with Crippen LogP contribution in [-0.2, 0) is 4.79 Å². The normalized spacial score (nSPS) is 13.0. The summed E-state index contributed by atoms with van der Waals surface area (Å²) in [6.45, 7) is -0.179. The van der Waals surface area contributed by atoms with Gasteiger partial charge in [-0.1, -0.05) is 6.42 Å². The number of unbranched alkanes of at least 4 members (excludes halogenated alkanes) is 2. The molecule has 0 amide bonds. The van der Waals surface area contributed by atoms with Crippen molar-refractivity contribution in [3.05, 3.63) is 0 Å². The molecule has 0 aliphatic carbocycles. The van der Waals surface area contributed by atoms with Gasteiger partial charge in [0.25, 0.3) is 0 Å². The van der Waals surface area contributed by atoms with E-state index >= 15 is 0 Å². The van der Waals surface area contributed by atoms with E-state index in [0.717, 1.165) is 19.1 Å². The molecule has 0 aliphatic heterocycles. The molecule has 10 heavy (non-hydrogen) atoms. The molecule has 0 aromatic rings. The highest BCUT2D eigenvalue weighted by Gasteiger charge is 1.99. The molecule has 0 unspecified atom stereocenters. The second-order valence-electron chi connectivity index (χ2n) is 2.29. The number of aliphatic hydroxyl groups is 2. The van der Waals surface area contributed by atoms with Crippen LogP contribution in [0.15, 0.2) is 0 Å². The minimum Gasteiger partial charge on any atom is -0.394 e. The molecule has 0 spiro atoms. The smallest absolute Gasteiger partial charge is 0.119 e. The van der Waals surface area contributed by atoms with Gasteiger partial charge in [0.1, 0.15) is 6.29 Å². The van der Waals surface area contributed by atoms with E-state index in [1.165, 1.54) is 0 Å². The van der Waals surface area contributed by atoms with Gasteiger partial charge in [0, 0.05) is 6.42 Å². The zero-order valence-electron chi connectivity index (χ0n) is 5.99. The topological polar surface area (TPSA) is 57.5 Å². The molecule has 0 radical (unpaired) electrons. The van der Waals surface area contributed by atoms with Crippen LogP contribution in [0.1, 0.15) is 25.7 Å². The van der Waals surface area contributed by atoms with Crippen molar-refractivity contribution < 1.29 is 15.0 Å². The Balaban J connectivity index is 2.95. The third-order valence-corrected chi connectivity index (χ3v) is 1.32. The average molecular weight is 146 g/mol. The van der Waals surface area contributed by atoms with Gasteiger partial charge in [-0.05, 0) is 12.8 Å². The van der Waals surface area contributed by atoms with Crippen LogP contribution >= 0.6 is 0 Å². The van der Waals surface area contributed by atoms with Crippen LogP contribution in [0.4, 0.5) is 0 Å². The van der Waals surface area contributed by atoms with E-state index in [1.54, 1.807) is 0 Å². The van der Waals surface area contributed by atoms with E-state index in [2.05, 4.69) is 0 Å². The summed E-state index contributed by atoms with van der Waals surface area (Å²) >= 11 is 0. The molecule has 0 saturated carbocycles. The van der Waals surface area contributed by atoms with Gasteiger partial charge in [0.2, 0.25) is 0 Å². The summed E-state index contributed by atoms with van der Waals surface area (Å²) in [5.74, 6) is 0. The van der Waals surface area contributed by atoms with Crippen LogP contribution in [0.5, 0.6) is 0 Å². The number of hydrogen-bond donors (Lipinski definition) is 2. The first-order chi connectivity index (χ1) is 4.81. The van der Waals surface area contributed by atoms with E-state index in [9.17, 15) is 4.79 Å². The maximum Gasteiger partial charge on any atom is 0.119 e. The molecule has 0 rings (SSSR count). The Labute approximate surface area is 60.7 Å². The van der Waals surface area contributed by atoms with Crippen LogP contribution in [-0.4, -0.2) is 29.2 Å². The molecule has 0 saturated heterocycles. The Morgan fingerprint density at radius 2 is 2.10 bits per heavy atom. The zero-order chi connectivity index (χ0) is 7.82. The summed E-state index contributed by atoms with van der Waals surface area (Å²) in [6.07, 6.45) is 3.01. The van der Waals surface area contributed by atoms with E-state index in [0.29, 0.717) is 12.8 Å². The number of carbonyl (C=O) groups is 1. The molecule has 0 heterocycles. The van der Waals surface area contributed by atoms with Crippen molar-refractivity contribution in [3.8, 4) is 0 Å². The maximum atomic E-state index is 9.81. The third kappa shape index (κ3) is 5.72. The third-order valence-electron chi connectivity index (χ3n) is 1.32. The lowest BCUT2D eigenvalue weighted by Gasteiger charge is -2.03. The van der Waals surface area contributed by atoms with Crippen molar-refractivity contribution in [2.45, 2.75) is 31.8 Å². The molecular weight excluding hydrogens is 132 g/mol. The number of carbonyl (C=O) groups excluding carboxylic acids is 1. The van der Waals surface area contributed by atoms with E-state index < -0.39 is 6.10 Å². The Morgan fingerprint density at radius 3 is 2.60 bits per heavy atom. The van der Waals surface area contributed by atoms with Crippen molar-refractivity contribution in [3.63, 3.8) is 0 Å². The lowest BCUT2D eigenvalue weighted by atomic mass is 10.1. The predicted molar refractivity (Wildman–Crippen MR) is 37.6 cm³/mol. The summed E-state index contributed by atoms with van der Waals surface area (Å²) < 4.78 is 0.